The number of rotatable bonds is 7. The SMILES string of the molecule is NNC(Cc1ccccn1)=C(Cc1ccccn1)Cc1ccccn1. The van der Waals surface area contributed by atoms with Crippen LogP contribution in [0.15, 0.2) is 84.5 Å². The zero-order valence-electron chi connectivity index (χ0n) is 14.0. The van der Waals surface area contributed by atoms with E-state index in [1.54, 1.807) is 6.20 Å². The minimum Gasteiger partial charge on any atom is -0.328 e. The molecule has 0 amide bonds. The number of allylic oxidation sites excluding steroid dienone is 2. The predicted molar refractivity (Wildman–Crippen MR) is 98.2 cm³/mol. The maximum atomic E-state index is 5.85. The molecule has 0 fully saturated rings. The largest absolute Gasteiger partial charge is 0.328 e. The van der Waals surface area contributed by atoms with Crippen LogP contribution in [-0.2, 0) is 19.3 Å². The van der Waals surface area contributed by atoms with E-state index in [1.165, 1.54) is 0 Å². The van der Waals surface area contributed by atoms with Crippen molar-refractivity contribution in [2.45, 2.75) is 19.3 Å². The fourth-order valence-electron chi connectivity index (χ4n) is 2.68. The Labute approximate surface area is 147 Å². The van der Waals surface area contributed by atoms with Crippen molar-refractivity contribution in [3.63, 3.8) is 0 Å². The molecule has 0 radical (unpaired) electrons. The number of nitrogens with two attached hydrogens (primary N) is 1. The number of hydrogen-bond acceptors (Lipinski definition) is 5. The summed E-state index contributed by atoms with van der Waals surface area (Å²) >= 11 is 0. The van der Waals surface area contributed by atoms with E-state index in [1.807, 2.05) is 67.0 Å². The molecule has 0 unspecified atom stereocenters. The van der Waals surface area contributed by atoms with E-state index < -0.39 is 0 Å². The van der Waals surface area contributed by atoms with Gasteiger partial charge in [0.1, 0.15) is 0 Å². The molecule has 126 valence electrons. The van der Waals surface area contributed by atoms with Crippen LogP contribution < -0.4 is 11.3 Å². The molecule has 5 nitrogen and oxygen atoms in total. The van der Waals surface area contributed by atoms with Gasteiger partial charge in [0.2, 0.25) is 0 Å². The number of pyridine rings is 3. The summed E-state index contributed by atoms with van der Waals surface area (Å²) < 4.78 is 0. The number of hydrazine groups is 1. The Morgan fingerprint density at radius 1 is 0.680 bits per heavy atom. The van der Waals surface area contributed by atoms with Gasteiger partial charge in [-0.3, -0.25) is 20.8 Å². The molecule has 0 spiro atoms. The van der Waals surface area contributed by atoms with Gasteiger partial charge in [-0.05, 0) is 42.0 Å². The van der Waals surface area contributed by atoms with Crippen molar-refractivity contribution in [3.05, 3.63) is 102 Å². The lowest BCUT2D eigenvalue weighted by Crippen LogP contribution is -2.26. The van der Waals surface area contributed by atoms with Crippen molar-refractivity contribution in [3.8, 4) is 0 Å². The molecule has 0 aliphatic heterocycles. The second kappa shape index (κ2) is 8.70. The summed E-state index contributed by atoms with van der Waals surface area (Å²) in [4.78, 5) is 13.3. The van der Waals surface area contributed by atoms with Crippen LogP contribution in [0.2, 0.25) is 0 Å². The van der Waals surface area contributed by atoms with E-state index in [-0.39, 0.29) is 0 Å². The van der Waals surface area contributed by atoms with E-state index in [4.69, 9.17) is 5.84 Å². The molecule has 3 aromatic rings. The van der Waals surface area contributed by atoms with E-state index in [9.17, 15) is 0 Å². The van der Waals surface area contributed by atoms with Gasteiger partial charge >= 0.3 is 0 Å². The first-order chi connectivity index (χ1) is 12.3. The third kappa shape index (κ3) is 4.96. The van der Waals surface area contributed by atoms with Crippen LogP contribution in [0.5, 0.6) is 0 Å². The van der Waals surface area contributed by atoms with E-state index in [0.29, 0.717) is 19.3 Å². The van der Waals surface area contributed by atoms with Gasteiger partial charge in [0.25, 0.3) is 0 Å². The summed E-state index contributed by atoms with van der Waals surface area (Å²) in [5.41, 5.74) is 7.96. The molecule has 25 heavy (non-hydrogen) atoms. The average Bonchev–Trinajstić information content (AvgIpc) is 2.68. The van der Waals surface area contributed by atoms with Crippen molar-refractivity contribution < 1.29 is 0 Å². The normalized spacial score (nSPS) is 10.3. The Kier molecular flexibility index (Phi) is 5.85. The third-order valence-corrected chi connectivity index (χ3v) is 3.93. The van der Waals surface area contributed by atoms with Crippen molar-refractivity contribution >= 4 is 0 Å². The smallest absolute Gasteiger partial charge is 0.0462 e. The maximum Gasteiger partial charge on any atom is 0.0462 e. The molecule has 0 aromatic carbocycles. The first kappa shape index (κ1) is 16.8. The minimum atomic E-state index is 0.645. The van der Waals surface area contributed by atoms with E-state index >= 15 is 0 Å². The summed E-state index contributed by atoms with van der Waals surface area (Å²) in [6.07, 6.45) is 7.48. The monoisotopic (exact) mass is 331 g/mol. The molecular weight excluding hydrogens is 310 g/mol. The van der Waals surface area contributed by atoms with Crippen LogP contribution in [-0.4, -0.2) is 15.0 Å². The molecule has 3 heterocycles. The highest BCUT2D eigenvalue weighted by Crippen LogP contribution is 2.17. The van der Waals surface area contributed by atoms with Gasteiger partial charge in [-0.1, -0.05) is 18.2 Å². The zero-order chi connectivity index (χ0) is 17.3. The highest BCUT2D eigenvalue weighted by Gasteiger charge is 2.11. The molecule has 3 N–H and O–H groups in total. The lowest BCUT2D eigenvalue weighted by Gasteiger charge is -2.15. The van der Waals surface area contributed by atoms with Crippen molar-refractivity contribution in [1.29, 1.82) is 0 Å². The van der Waals surface area contributed by atoms with Crippen molar-refractivity contribution in [2.24, 2.45) is 5.84 Å². The van der Waals surface area contributed by atoms with Crippen LogP contribution in [0, 0.1) is 0 Å². The third-order valence-electron chi connectivity index (χ3n) is 3.93. The number of hydrogen-bond donors (Lipinski definition) is 2. The highest BCUT2D eigenvalue weighted by atomic mass is 15.2. The standard InChI is InChI=1S/C20H21N5/c21-25-20(15-19-9-3-6-12-24-19)16(13-17-7-1-4-10-22-17)14-18-8-2-5-11-23-18/h1-12,25H,13-15,21H2. The highest BCUT2D eigenvalue weighted by molar-refractivity contribution is 5.27. The number of nitrogens with zero attached hydrogens (tertiary/aromatic N) is 3. The van der Waals surface area contributed by atoms with Crippen LogP contribution in [0.3, 0.4) is 0 Å². The maximum absolute atomic E-state index is 5.85. The van der Waals surface area contributed by atoms with Gasteiger partial charge in [0, 0.05) is 60.6 Å². The van der Waals surface area contributed by atoms with Gasteiger partial charge in [-0.15, -0.1) is 0 Å². The Morgan fingerprint density at radius 3 is 1.48 bits per heavy atom. The summed E-state index contributed by atoms with van der Waals surface area (Å²) in [6, 6.07) is 17.8. The molecule has 0 saturated heterocycles. The number of aromatic nitrogens is 3. The van der Waals surface area contributed by atoms with Gasteiger partial charge in [0.05, 0.1) is 0 Å². The fraction of sp³-hybridized carbons (Fsp3) is 0.150. The van der Waals surface area contributed by atoms with Gasteiger partial charge in [-0.2, -0.15) is 0 Å². The van der Waals surface area contributed by atoms with E-state index in [0.717, 1.165) is 28.4 Å². The molecule has 0 bridgehead atoms. The lowest BCUT2D eigenvalue weighted by molar-refractivity contribution is 0.779. The summed E-state index contributed by atoms with van der Waals surface area (Å²) in [5.74, 6) is 5.85. The summed E-state index contributed by atoms with van der Waals surface area (Å²) in [5, 5.41) is 0. The lowest BCUT2D eigenvalue weighted by atomic mass is 9.99. The van der Waals surface area contributed by atoms with Crippen LogP contribution in [0.1, 0.15) is 17.1 Å². The van der Waals surface area contributed by atoms with Gasteiger partial charge in [0.15, 0.2) is 0 Å². The zero-order valence-corrected chi connectivity index (χ0v) is 14.0. The first-order valence-electron chi connectivity index (χ1n) is 8.22. The molecule has 0 aliphatic rings. The molecule has 0 aliphatic carbocycles. The van der Waals surface area contributed by atoms with Crippen molar-refractivity contribution in [1.82, 2.24) is 20.4 Å². The molecule has 3 rings (SSSR count). The molecule has 0 saturated carbocycles. The van der Waals surface area contributed by atoms with Gasteiger partial charge in [-0.25, -0.2) is 0 Å². The topological polar surface area (TPSA) is 76.7 Å². The van der Waals surface area contributed by atoms with Crippen LogP contribution in [0.4, 0.5) is 0 Å². The molecule has 0 atom stereocenters. The predicted octanol–water partition coefficient (Wildman–Crippen LogP) is 2.62. The second-order valence-corrected chi connectivity index (χ2v) is 5.72. The quantitative estimate of drug-likeness (QED) is 0.514. The first-order valence-corrected chi connectivity index (χ1v) is 8.22. The Hall–Kier alpha value is -3.05. The van der Waals surface area contributed by atoms with Crippen LogP contribution in [0.25, 0.3) is 0 Å². The van der Waals surface area contributed by atoms with Crippen molar-refractivity contribution in [2.75, 3.05) is 0 Å². The minimum absolute atomic E-state index is 0.645. The van der Waals surface area contributed by atoms with Gasteiger partial charge < -0.3 is 5.43 Å². The molecule has 5 heteroatoms. The molecule has 3 aromatic heterocycles. The Morgan fingerprint density at radius 2 is 1.12 bits per heavy atom. The van der Waals surface area contributed by atoms with Crippen LogP contribution >= 0.6 is 0 Å². The summed E-state index contributed by atoms with van der Waals surface area (Å²) in [6.45, 7) is 0. The number of nitrogens with one attached hydrogen (secondary N) is 1. The average molecular weight is 331 g/mol. The second-order valence-electron chi connectivity index (χ2n) is 5.72. The fourth-order valence-corrected chi connectivity index (χ4v) is 2.68. The molecular formula is C20H21N5. The summed E-state index contributed by atoms with van der Waals surface area (Å²) in [7, 11) is 0. The Bertz CT molecular complexity index is 758. The Balaban J connectivity index is 1.91. The van der Waals surface area contributed by atoms with E-state index in [2.05, 4.69) is 20.4 Å².